The van der Waals surface area contributed by atoms with E-state index in [1.54, 1.807) is 0 Å². The zero-order chi connectivity index (χ0) is 18.5. The van der Waals surface area contributed by atoms with E-state index in [1.807, 2.05) is 0 Å². The maximum atomic E-state index is 12.2. The van der Waals surface area contributed by atoms with E-state index >= 15 is 0 Å². The Morgan fingerprint density at radius 1 is 0.640 bits per heavy atom. The number of nitrogens with zero attached hydrogens (tertiary/aromatic N) is 3. The molecule has 0 heterocycles. The van der Waals surface area contributed by atoms with Gasteiger partial charge in [0.1, 0.15) is 5.56 Å². The Bertz CT molecular complexity index is 1030. The minimum atomic E-state index is -1.20. The average Bonchev–Trinajstić information content (AvgIpc) is 2.57. The molecule has 0 saturated heterocycles. The van der Waals surface area contributed by atoms with E-state index in [2.05, 4.69) is 0 Å². The molecule has 0 aromatic heterocycles. The average molecular weight is 343 g/mol. The molecular formula is C14H5N3O8. The standard InChI is InChI=1S/C14H5N3O8/c18-13-8-2-1-6(15(20)21)3-9(8)10-4-7(16(22)23)5-11(17(24)25)12(10)14(13)19/h1-5H. The topological polar surface area (TPSA) is 164 Å². The SMILES string of the molecule is O=C1C(=O)c2c(cc([N+](=O)[O-])cc2[N+](=O)[O-])-c2cc([N+](=O)[O-])ccc21. The van der Waals surface area contributed by atoms with Crippen molar-refractivity contribution >= 4 is 28.6 Å². The summed E-state index contributed by atoms with van der Waals surface area (Å²) in [4.78, 5) is 54.9. The van der Waals surface area contributed by atoms with Crippen LogP contribution in [0, 0.1) is 30.3 Å². The second kappa shape index (κ2) is 5.26. The molecule has 0 atom stereocenters. The fourth-order valence-electron chi connectivity index (χ4n) is 2.61. The summed E-state index contributed by atoms with van der Waals surface area (Å²) in [6, 6.07) is 4.45. The molecule has 11 nitrogen and oxygen atoms in total. The molecule has 0 unspecified atom stereocenters. The van der Waals surface area contributed by atoms with Crippen LogP contribution in [0.3, 0.4) is 0 Å². The Balaban J connectivity index is 2.46. The number of fused-ring (bicyclic) bond motifs is 3. The molecule has 124 valence electrons. The van der Waals surface area contributed by atoms with Gasteiger partial charge < -0.3 is 0 Å². The quantitative estimate of drug-likeness (QED) is 0.465. The van der Waals surface area contributed by atoms with Crippen LogP contribution >= 0.6 is 0 Å². The Kier molecular flexibility index (Phi) is 3.34. The van der Waals surface area contributed by atoms with Crippen molar-refractivity contribution < 1.29 is 24.4 Å². The summed E-state index contributed by atoms with van der Waals surface area (Å²) in [5.74, 6) is -2.27. The van der Waals surface area contributed by atoms with Crippen molar-refractivity contribution in [1.82, 2.24) is 0 Å². The Hall–Kier alpha value is -4.02. The number of benzene rings is 2. The summed E-state index contributed by atoms with van der Waals surface area (Å²) in [6.45, 7) is 0. The fourth-order valence-corrected chi connectivity index (χ4v) is 2.61. The maximum absolute atomic E-state index is 12.2. The largest absolute Gasteiger partial charge is 0.288 e. The Morgan fingerprint density at radius 3 is 1.80 bits per heavy atom. The zero-order valence-electron chi connectivity index (χ0n) is 12.0. The lowest BCUT2D eigenvalue weighted by Gasteiger charge is -2.17. The van der Waals surface area contributed by atoms with E-state index in [1.165, 1.54) is 0 Å². The normalized spacial score (nSPS) is 12.3. The number of ketones is 2. The summed E-state index contributed by atoms with van der Waals surface area (Å²) in [6.07, 6.45) is 0. The van der Waals surface area contributed by atoms with Crippen LogP contribution in [-0.2, 0) is 0 Å². The van der Waals surface area contributed by atoms with Gasteiger partial charge in [-0.3, -0.25) is 39.9 Å². The van der Waals surface area contributed by atoms with Crippen molar-refractivity contribution in [3.05, 3.63) is 71.8 Å². The molecule has 2 aromatic carbocycles. The minimum Gasteiger partial charge on any atom is -0.285 e. The van der Waals surface area contributed by atoms with E-state index in [4.69, 9.17) is 0 Å². The zero-order valence-corrected chi connectivity index (χ0v) is 12.0. The maximum Gasteiger partial charge on any atom is 0.288 e. The molecule has 0 bridgehead atoms. The number of non-ortho nitro benzene ring substituents is 2. The van der Waals surface area contributed by atoms with Gasteiger partial charge in [-0.05, 0) is 6.07 Å². The van der Waals surface area contributed by atoms with Gasteiger partial charge in [0.05, 0.1) is 20.8 Å². The van der Waals surface area contributed by atoms with Crippen LogP contribution in [0.15, 0.2) is 30.3 Å². The molecule has 0 fully saturated rings. The molecule has 11 heteroatoms. The van der Waals surface area contributed by atoms with Gasteiger partial charge in [0.25, 0.3) is 17.1 Å². The predicted molar refractivity (Wildman–Crippen MR) is 80.5 cm³/mol. The van der Waals surface area contributed by atoms with Gasteiger partial charge in [0.15, 0.2) is 0 Å². The third kappa shape index (κ3) is 2.30. The molecule has 3 rings (SSSR count). The number of carbonyl (C=O) groups is 2. The molecule has 0 saturated carbocycles. The third-order valence-corrected chi connectivity index (χ3v) is 3.69. The van der Waals surface area contributed by atoms with Crippen molar-refractivity contribution in [3.8, 4) is 11.1 Å². The lowest BCUT2D eigenvalue weighted by Crippen LogP contribution is -2.22. The van der Waals surface area contributed by atoms with E-state index in [9.17, 15) is 39.9 Å². The number of nitro benzene ring substituents is 3. The first-order chi connectivity index (χ1) is 11.7. The summed E-state index contributed by atoms with van der Waals surface area (Å²) < 4.78 is 0. The predicted octanol–water partition coefficient (Wildman–Crippen LogP) is 2.46. The number of nitro groups is 3. The third-order valence-electron chi connectivity index (χ3n) is 3.69. The van der Waals surface area contributed by atoms with Gasteiger partial charge in [-0.15, -0.1) is 0 Å². The van der Waals surface area contributed by atoms with Crippen LogP contribution in [0.1, 0.15) is 20.7 Å². The first-order valence-corrected chi connectivity index (χ1v) is 6.57. The van der Waals surface area contributed by atoms with E-state index in [-0.39, 0.29) is 16.7 Å². The lowest BCUT2D eigenvalue weighted by molar-refractivity contribution is -0.394. The van der Waals surface area contributed by atoms with E-state index in [0.29, 0.717) is 6.07 Å². The Morgan fingerprint density at radius 2 is 1.24 bits per heavy atom. The molecule has 0 aliphatic heterocycles. The van der Waals surface area contributed by atoms with Gasteiger partial charge in [-0.1, -0.05) is 0 Å². The molecule has 0 radical (unpaired) electrons. The molecule has 0 amide bonds. The van der Waals surface area contributed by atoms with Crippen molar-refractivity contribution in [2.75, 3.05) is 0 Å². The highest BCUT2D eigenvalue weighted by Crippen LogP contribution is 2.41. The smallest absolute Gasteiger partial charge is 0.285 e. The molecule has 2 aromatic rings. The lowest BCUT2D eigenvalue weighted by atomic mass is 9.82. The molecule has 1 aliphatic carbocycles. The van der Waals surface area contributed by atoms with Crippen molar-refractivity contribution in [1.29, 1.82) is 0 Å². The first-order valence-electron chi connectivity index (χ1n) is 6.57. The van der Waals surface area contributed by atoms with E-state index in [0.717, 1.165) is 24.3 Å². The first kappa shape index (κ1) is 15.9. The van der Waals surface area contributed by atoms with Crippen LogP contribution in [-0.4, -0.2) is 26.3 Å². The van der Waals surface area contributed by atoms with Crippen LogP contribution < -0.4 is 0 Å². The highest BCUT2D eigenvalue weighted by molar-refractivity contribution is 6.53. The van der Waals surface area contributed by atoms with Crippen molar-refractivity contribution in [2.24, 2.45) is 0 Å². The second-order valence-corrected chi connectivity index (χ2v) is 5.05. The van der Waals surface area contributed by atoms with Gasteiger partial charge in [-0.25, -0.2) is 0 Å². The van der Waals surface area contributed by atoms with Crippen molar-refractivity contribution in [2.45, 2.75) is 0 Å². The van der Waals surface area contributed by atoms with Crippen LogP contribution in [0.5, 0.6) is 0 Å². The number of carbonyl (C=O) groups excluding carboxylic acids is 2. The number of hydrogen-bond donors (Lipinski definition) is 0. The van der Waals surface area contributed by atoms with Crippen LogP contribution in [0.25, 0.3) is 11.1 Å². The van der Waals surface area contributed by atoms with Gasteiger partial charge >= 0.3 is 0 Å². The molecule has 1 aliphatic rings. The van der Waals surface area contributed by atoms with Crippen LogP contribution in [0.4, 0.5) is 17.1 Å². The summed E-state index contributed by atoms with van der Waals surface area (Å²) >= 11 is 0. The minimum absolute atomic E-state index is 0.138. The molecule has 25 heavy (non-hydrogen) atoms. The number of rotatable bonds is 3. The summed E-state index contributed by atoms with van der Waals surface area (Å²) in [5, 5.41) is 33.1. The monoisotopic (exact) mass is 343 g/mol. The van der Waals surface area contributed by atoms with Gasteiger partial charge in [0.2, 0.25) is 11.6 Å². The number of hydrogen-bond acceptors (Lipinski definition) is 8. The van der Waals surface area contributed by atoms with Gasteiger partial charge in [-0.2, -0.15) is 0 Å². The highest BCUT2D eigenvalue weighted by Gasteiger charge is 2.39. The summed E-state index contributed by atoms with van der Waals surface area (Å²) in [7, 11) is 0. The number of Topliss-reactive ketones (excluding diaryl/α,β-unsaturated/α-hetero) is 2. The summed E-state index contributed by atoms with van der Waals surface area (Å²) in [5.41, 5.74) is -3.23. The Labute approximate surface area is 136 Å². The van der Waals surface area contributed by atoms with Crippen molar-refractivity contribution in [3.63, 3.8) is 0 Å². The fraction of sp³-hybridized carbons (Fsp3) is 0. The van der Waals surface area contributed by atoms with Crippen LogP contribution in [0.2, 0.25) is 0 Å². The highest BCUT2D eigenvalue weighted by atomic mass is 16.6. The van der Waals surface area contributed by atoms with E-state index < -0.39 is 49.0 Å². The van der Waals surface area contributed by atoms with Gasteiger partial charge in [0, 0.05) is 34.9 Å². The molecule has 0 N–H and O–H groups in total. The molecular weight excluding hydrogens is 338 g/mol. The molecule has 0 spiro atoms. The second-order valence-electron chi connectivity index (χ2n) is 5.05.